The minimum Gasteiger partial charge on any atom is -0.661 e. The Morgan fingerprint density at radius 2 is 2.00 bits per heavy atom. The van der Waals surface area contributed by atoms with E-state index in [-0.39, 0.29) is 5.52 Å². The predicted octanol–water partition coefficient (Wildman–Crippen LogP) is 2.38. The SMILES string of the molecule is Cc1c[n-]c2c(F)cc(F)cc12. The Morgan fingerprint density at radius 1 is 1.25 bits per heavy atom. The first-order valence-corrected chi connectivity index (χ1v) is 3.55. The third-order valence-corrected chi connectivity index (χ3v) is 1.84. The first-order chi connectivity index (χ1) is 5.68. The summed E-state index contributed by atoms with van der Waals surface area (Å²) in [4.78, 5) is 3.82. The van der Waals surface area contributed by atoms with Crippen LogP contribution >= 0.6 is 0 Å². The van der Waals surface area contributed by atoms with Gasteiger partial charge in [-0.25, -0.2) is 8.78 Å². The number of benzene rings is 1. The van der Waals surface area contributed by atoms with Crippen LogP contribution in [0.25, 0.3) is 10.9 Å². The number of aromatic nitrogens is 1. The molecule has 0 amide bonds. The molecule has 1 aromatic heterocycles. The molecule has 1 heterocycles. The van der Waals surface area contributed by atoms with Crippen molar-refractivity contribution in [3.8, 4) is 0 Å². The van der Waals surface area contributed by atoms with Crippen molar-refractivity contribution >= 4 is 10.9 Å². The first-order valence-electron chi connectivity index (χ1n) is 3.55. The summed E-state index contributed by atoms with van der Waals surface area (Å²) in [6.07, 6.45) is 1.53. The average molecular weight is 166 g/mol. The van der Waals surface area contributed by atoms with Gasteiger partial charge in [0.05, 0.1) is 0 Å². The Bertz CT molecular complexity index is 431. The molecule has 0 aliphatic rings. The largest absolute Gasteiger partial charge is 0.661 e. The van der Waals surface area contributed by atoms with Crippen molar-refractivity contribution in [2.45, 2.75) is 6.92 Å². The van der Waals surface area contributed by atoms with Gasteiger partial charge in [-0.15, -0.1) is 0 Å². The van der Waals surface area contributed by atoms with Gasteiger partial charge in [0.15, 0.2) is 0 Å². The van der Waals surface area contributed by atoms with Crippen LogP contribution in [0.5, 0.6) is 0 Å². The molecule has 62 valence electrons. The number of hydrogen-bond acceptors (Lipinski definition) is 0. The quantitative estimate of drug-likeness (QED) is 0.586. The number of halogens is 2. The molecular formula is C9H6F2N-. The van der Waals surface area contributed by atoms with Crippen LogP contribution in [0.1, 0.15) is 5.56 Å². The highest BCUT2D eigenvalue weighted by Crippen LogP contribution is 2.20. The molecule has 0 unspecified atom stereocenters. The fourth-order valence-corrected chi connectivity index (χ4v) is 1.23. The summed E-state index contributed by atoms with van der Waals surface area (Å²) in [5, 5.41) is 0.549. The van der Waals surface area contributed by atoms with E-state index in [1.165, 1.54) is 12.3 Å². The maximum Gasteiger partial charge on any atom is 0.126 e. The molecule has 0 aliphatic heterocycles. The van der Waals surface area contributed by atoms with E-state index in [9.17, 15) is 8.78 Å². The maximum atomic E-state index is 13.0. The van der Waals surface area contributed by atoms with E-state index in [1.54, 1.807) is 6.92 Å². The molecule has 12 heavy (non-hydrogen) atoms. The molecular weight excluding hydrogens is 160 g/mol. The Balaban J connectivity index is 2.92. The summed E-state index contributed by atoms with van der Waals surface area (Å²) in [5.41, 5.74) is 1.04. The molecule has 0 saturated carbocycles. The van der Waals surface area contributed by atoms with Gasteiger partial charge in [0.2, 0.25) is 0 Å². The molecule has 0 bridgehead atoms. The van der Waals surface area contributed by atoms with Crippen LogP contribution in [-0.4, -0.2) is 0 Å². The highest BCUT2D eigenvalue weighted by molar-refractivity contribution is 5.83. The minimum absolute atomic E-state index is 0.244. The maximum absolute atomic E-state index is 13.0. The van der Waals surface area contributed by atoms with Crippen molar-refractivity contribution in [1.29, 1.82) is 0 Å². The van der Waals surface area contributed by atoms with E-state index in [2.05, 4.69) is 4.98 Å². The van der Waals surface area contributed by atoms with Crippen LogP contribution in [0.3, 0.4) is 0 Å². The summed E-state index contributed by atoms with van der Waals surface area (Å²) in [6, 6.07) is 2.13. The van der Waals surface area contributed by atoms with Gasteiger partial charge >= 0.3 is 0 Å². The summed E-state index contributed by atoms with van der Waals surface area (Å²) in [6.45, 7) is 1.77. The van der Waals surface area contributed by atoms with Gasteiger partial charge in [-0.3, -0.25) is 0 Å². The number of aryl methyl sites for hydroxylation is 1. The second-order valence-electron chi connectivity index (χ2n) is 2.72. The lowest BCUT2D eigenvalue weighted by molar-refractivity contribution is 0.590. The smallest absolute Gasteiger partial charge is 0.126 e. The third-order valence-electron chi connectivity index (χ3n) is 1.84. The van der Waals surface area contributed by atoms with Crippen molar-refractivity contribution < 1.29 is 8.78 Å². The van der Waals surface area contributed by atoms with Crippen LogP contribution in [0, 0.1) is 18.6 Å². The van der Waals surface area contributed by atoms with Crippen molar-refractivity contribution in [2.24, 2.45) is 0 Å². The van der Waals surface area contributed by atoms with E-state index in [0.717, 1.165) is 11.6 Å². The topological polar surface area (TPSA) is 14.1 Å². The van der Waals surface area contributed by atoms with Gasteiger partial charge in [-0.2, -0.15) is 6.20 Å². The van der Waals surface area contributed by atoms with E-state index < -0.39 is 11.6 Å². The molecule has 0 saturated heterocycles. The summed E-state index contributed by atoms with van der Waals surface area (Å²) in [7, 11) is 0. The number of fused-ring (bicyclic) bond motifs is 1. The molecule has 0 aliphatic carbocycles. The average Bonchev–Trinajstić information content (AvgIpc) is 2.33. The molecule has 0 radical (unpaired) electrons. The lowest BCUT2D eigenvalue weighted by Crippen LogP contribution is -1.82. The van der Waals surface area contributed by atoms with Gasteiger partial charge in [-0.1, -0.05) is 11.1 Å². The highest BCUT2D eigenvalue weighted by atomic mass is 19.1. The molecule has 1 nitrogen and oxygen atoms in total. The zero-order valence-electron chi connectivity index (χ0n) is 6.44. The van der Waals surface area contributed by atoms with E-state index in [1.807, 2.05) is 0 Å². The molecule has 2 aromatic rings. The second-order valence-corrected chi connectivity index (χ2v) is 2.72. The minimum atomic E-state index is -0.599. The molecule has 0 atom stereocenters. The van der Waals surface area contributed by atoms with Crippen molar-refractivity contribution in [3.63, 3.8) is 0 Å². The lowest BCUT2D eigenvalue weighted by atomic mass is 10.2. The standard InChI is InChI=1S/C9H6F2N/c1-5-4-12-9-7(5)2-6(10)3-8(9)11/h2-4H,1H3/q-1. The molecule has 0 N–H and O–H groups in total. The third kappa shape index (κ3) is 0.897. The monoisotopic (exact) mass is 166 g/mol. The van der Waals surface area contributed by atoms with Crippen LogP contribution in [0.4, 0.5) is 8.78 Å². The Hall–Kier alpha value is -1.38. The zero-order valence-corrected chi connectivity index (χ0v) is 6.44. The Labute approximate surface area is 68.0 Å². The predicted molar refractivity (Wildman–Crippen MR) is 41.9 cm³/mol. The van der Waals surface area contributed by atoms with Crippen LogP contribution in [-0.2, 0) is 0 Å². The molecule has 3 heteroatoms. The number of rotatable bonds is 0. The highest BCUT2D eigenvalue weighted by Gasteiger charge is 2.00. The van der Waals surface area contributed by atoms with Crippen molar-refractivity contribution in [1.82, 2.24) is 4.98 Å². The van der Waals surface area contributed by atoms with Gasteiger partial charge in [-0.05, 0) is 18.4 Å². The summed E-state index contributed by atoms with van der Waals surface area (Å²) in [5.74, 6) is -1.16. The molecule has 0 spiro atoms. The van der Waals surface area contributed by atoms with Crippen molar-refractivity contribution in [3.05, 3.63) is 35.5 Å². The molecule has 0 fully saturated rings. The zero-order chi connectivity index (χ0) is 8.72. The van der Waals surface area contributed by atoms with Gasteiger partial charge in [0, 0.05) is 6.07 Å². The van der Waals surface area contributed by atoms with Crippen LogP contribution < -0.4 is 4.98 Å². The number of hydrogen-bond donors (Lipinski definition) is 0. The van der Waals surface area contributed by atoms with E-state index in [4.69, 9.17) is 0 Å². The normalized spacial score (nSPS) is 10.9. The Kier molecular flexibility index (Phi) is 1.40. The van der Waals surface area contributed by atoms with Crippen LogP contribution in [0.15, 0.2) is 18.3 Å². The van der Waals surface area contributed by atoms with Gasteiger partial charge in [0.25, 0.3) is 0 Å². The van der Waals surface area contributed by atoms with Gasteiger partial charge in [0.1, 0.15) is 11.6 Å². The molecule has 1 aromatic carbocycles. The number of nitrogens with zero attached hydrogens (tertiary/aromatic N) is 1. The van der Waals surface area contributed by atoms with Crippen LogP contribution in [0.2, 0.25) is 0 Å². The molecule has 2 rings (SSSR count). The van der Waals surface area contributed by atoms with Gasteiger partial charge < -0.3 is 4.98 Å². The van der Waals surface area contributed by atoms with Crippen molar-refractivity contribution in [2.75, 3.05) is 0 Å². The summed E-state index contributed by atoms with van der Waals surface area (Å²) < 4.78 is 25.6. The Morgan fingerprint density at radius 3 is 2.75 bits per heavy atom. The van der Waals surface area contributed by atoms with E-state index in [0.29, 0.717) is 5.39 Å². The first kappa shape index (κ1) is 7.28. The van der Waals surface area contributed by atoms with E-state index >= 15 is 0 Å². The second kappa shape index (κ2) is 2.30. The lowest BCUT2D eigenvalue weighted by Gasteiger charge is -2.00. The fourth-order valence-electron chi connectivity index (χ4n) is 1.23. The summed E-state index contributed by atoms with van der Waals surface area (Å²) >= 11 is 0. The fraction of sp³-hybridized carbons (Fsp3) is 0.111.